The molecule has 2 atom stereocenters. The van der Waals surface area contributed by atoms with Crippen LogP contribution in [0.15, 0.2) is 28.9 Å². The molecular formula is C25H32BrN3O3. The Bertz CT molecular complexity index is 1110. The summed E-state index contributed by atoms with van der Waals surface area (Å²) < 4.78 is 8.08. The summed E-state index contributed by atoms with van der Waals surface area (Å²) in [6, 6.07) is 6.21. The third-order valence-corrected chi connectivity index (χ3v) is 7.30. The molecule has 6 nitrogen and oxygen atoms in total. The Morgan fingerprint density at radius 2 is 1.91 bits per heavy atom. The highest BCUT2D eigenvalue weighted by molar-refractivity contribution is 9.10. The van der Waals surface area contributed by atoms with Crippen LogP contribution in [0.2, 0.25) is 0 Å². The van der Waals surface area contributed by atoms with Crippen molar-refractivity contribution in [2.75, 3.05) is 26.7 Å². The Labute approximate surface area is 198 Å². The standard InChI is InChI=1S/C25H32BrN3O3/c1-7-28(8-2)23(30)15-12-17-16-10-9-11-19-21(16)18(13-20(17)27(6)14-15)22(26)29(19)24(31)32-25(3,4)5/h9-12,15,20H,7-8,13-14H2,1-6H3/t15-,20-/m1/s1. The number of fused-ring (bicyclic) bond motifs is 2. The zero-order valence-electron chi connectivity index (χ0n) is 19.7. The minimum Gasteiger partial charge on any atom is -0.443 e. The van der Waals surface area contributed by atoms with Crippen molar-refractivity contribution in [3.63, 3.8) is 0 Å². The molecule has 4 rings (SSSR count). The topological polar surface area (TPSA) is 54.8 Å². The molecule has 0 saturated heterocycles. The van der Waals surface area contributed by atoms with E-state index in [-0.39, 0.29) is 24.0 Å². The van der Waals surface area contributed by atoms with Crippen molar-refractivity contribution in [3.05, 3.63) is 40.0 Å². The number of hydrogen-bond acceptors (Lipinski definition) is 4. The molecular weight excluding hydrogens is 470 g/mol. The predicted molar refractivity (Wildman–Crippen MR) is 131 cm³/mol. The van der Waals surface area contributed by atoms with E-state index in [0.717, 1.165) is 33.1 Å². The Hall–Kier alpha value is -2.12. The van der Waals surface area contributed by atoms with E-state index in [4.69, 9.17) is 4.74 Å². The van der Waals surface area contributed by atoms with Gasteiger partial charge in [0.1, 0.15) is 5.60 Å². The highest BCUT2D eigenvalue weighted by atomic mass is 79.9. The van der Waals surface area contributed by atoms with E-state index in [0.29, 0.717) is 19.6 Å². The van der Waals surface area contributed by atoms with Crippen LogP contribution in [-0.4, -0.2) is 64.7 Å². The molecule has 2 heterocycles. The summed E-state index contributed by atoms with van der Waals surface area (Å²) in [6.07, 6.45) is 2.56. The summed E-state index contributed by atoms with van der Waals surface area (Å²) in [5.74, 6) is 0.0117. The number of halogens is 1. The van der Waals surface area contributed by atoms with Crippen molar-refractivity contribution in [1.82, 2.24) is 14.4 Å². The first kappa shape index (κ1) is 23.1. The molecule has 1 aromatic carbocycles. The molecule has 0 spiro atoms. The molecule has 1 aliphatic heterocycles. The van der Waals surface area contributed by atoms with Crippen LogP contribution in [-0.2, 0) is 16.0 Å². The number of nitrogens with zero attached hydrogens (tertiary/aromatic N) is 3. The average molecular weight is 502 g/mol. The third kappa shape index (κ3) is 3.79. The quantitative estimate of drug-likeness (QED) is 0.598. The predicted octanol–water partition coefficient (Wildman–Crippen LogP) is 4.93. The van der Waals surface area contributed by atoms with Gasteiger partial charge in [-0.3, -0.25) is 9.69 Å². The van der Waals surface area contributed by atoms with Gasteiger partial charge in [-0.15, -0.1) is 0 Å². The number of amides is 1. The number of likely N-dealkylation sites (N-methyl/N-ethyl adjacent to an activating group) is 1. The average Bonchev–Trinajstić information content (AvgIpc) is 3.01. The highest BCUT2D eigenvalue weighted by Gasteiger charge is 2.38. The zero-order chi connectivity index (χ0) is 23.4. The normalized spacial score (nSPS) is 20.7. The molecule has 0 unspecified atom stereocenters. The van der Waals surface area contributed by atoms with Crippen LogP contribution in [0.3, 0.4) is 0 Å². The SMILES string of the molecule is CCN(CC)C(=O)[C@@H]1C=C2c3cccc4c3c(c(Br)n4C(=O)OC(C)(C)C)C[C@H]2N(C)C1. The van der Waals surface area contributed by atoms with Gasteiger partial charge in [-0.1, -0.05) is 18.2 Å². The maximum absolute atomic E-state index is 13.1. The van der Waals surface area contributed by atoms with E-state index >= 15 is 0 Å². The first-order valence-corrected chi connectivity index (χ1v) is 12.1. The number of ether oxygens (including phenoxy) is 1. The molecule has 7 heteroatoms. The van der Waals surface area contributed by atoms with Crippen LogP contribution in [0.25, 0.3) is 16.5 Å². The summed E-state index contributed by atoms with van der Waals surface area (Å²) in [4.78, 5) is 30.4. The van der Waals surface area contributed by atoms with Gasteiger partial charge in [0.25, 0.3) is 0 Å². The number of hydrogen-bond donors (Lipinski definition) is 0. The van der Waals surface area contributed by atoms with Crippen molar-refractivity contribution in [1.29, 1.82) is 0 Å². The van der Waals surface area contributed by atoms with E-state index in [1.165, 1.54) is 5.57 Å². The summed E-state index contributed by atoms with van der Waals surface area (Å²) in [6.45, 7) is 11.8. The molecule has 0 fully saturated rings. The number of carbonyl (C=O) groups excluding carboxylic acids is 2. The maximum atomic E-state index is 13.1. The number of carbonyl (C=O) groups is 2. The monoisotopic (exact) mass is 501 g/mol. The fourth-order valence-corrected chi connectivity index (χ4v) is 5.70. The van der Waals surface area contributed by atoms with Crippen molar-refractivity contribution in [3.8, 4) is 0 Å². The number of aromatic nitrogens is 1. The largest absolute Gasteiger partial charge is 0.443 e. The van der Waals surface area contributed by atoms with Gasteiger partial charge in [-0.25, -0.2) is 9.36 Å². The van der Waals surface area contributed by atoms with Gasteiger partial charge >= 0.3 is 6.09 Å². The number of rotatable bonds is 3. The van der Waals surface area contributed by atoms with Crippen LogP contribution >= 0.6 is 15.9 Å². The lowest BCUT2D eigenvalue weighted by molar-refractivity contribution is -0.134. The van der Waals surface area contributed by atoms with Crippen molar-refractivity contribution in [2.24, 2.45) is 5.92 Å². The molecule has 172 valence electrons. The van der Waals surface area contributed by atoms with E-state index in [1.807, 2.05) is 51.7 Å². The Morgan fingerprint density at radius 3 is 2.53 bits per heavy atom. The van der Waals surface area contributed by atoms with Crippen molar-refractivity contribution >= 4 is 44.4 Å². The molecule has 0 saturated carbocycles. The van der Waals surface area contributed by atoms with E-state index in [1.54, 1.807) is 4.57 Å². The summed E-state index contributed by atoms with van der Waals surface area (Å²) in [7, 11) is 2.09. The molecule has 1 amide bonds. The van der Waals surface area contributed by atoms with Gasteiger partial charge in [0.15, 0.2) is 0 Å². The van der Waals surface area contributed by atoms with Crippen LogP contribution in [0, 0.1) is 5.92 Å². The number of benzene rings is 1. The Morgan fingerprint density at radius 1 is 1.22 bits per heavy atom. The second-order valence-corrected chi connectivity index (χ2v) is 10.4. The van der Waals surface area contributed by atoms with E-state index < -0.39 is 5.60 Å². The van der Waals surface area contributed by atoms with Gasteiger partial charge in [0, 0.05) is 31.1 Å². The van der Waals surface area contributed by atoms with E-state index in [9.17, 15) is 9.59 Å². The molecule has 2 aromatic rings. The molecule has 32 heavy (non-hydrogen) atoms. The Kier molecular flexibility index (Phi) is 6.01. The third-order valence-electron chi connectivity index (χ3n) is 6.46. The second-order valence-electron chi connectivity index (χ2n) is 9.68. The van der Waals surface area contributed by atoms with Crippen molar-refractivity contribution < 1.29 is 14.3 Å². The molecule has 1 aliphatic carbocycles. The minimum absolute atomic E-state index is 0.166. The van der Waals surface area contributed by atoms with Crippen LogP contribution in [0.4, 0.5) is 4.79 Å². The van der Waals surface area contributed by atoms with Gasteiger partial charge < -0.3 is 9.64 Å². The van der Waals surface area contributed by atoms with Crippen LogP contribution < -0.4 is 0 Å². The van der Waals surface area contributed by atoms with Gasteiger partial charge in [-0.2, -0.15) is 0 Å². The van der Waals surface area contributed by atoms with Gasteiger partial charge in [0.05, 0.1) is 16.0 Å². The van der Waals surface area contributed by atoms with Gasteiger partial charge in [-0.05, 0) is 86.8 Å². The van der Waals surface area contributed by atoms with Crippen molar-refractivity contribution in [2.45, 2.75) is 52.7 Å². The molecule has 0 N–H and O–H groups in total. The zero-order valence-corrected chi connectivity index (χ0v) is 21.3. The summed E-state index contributed by atoms with van der Waals surface area (Å²) in [5.41, 5.74) is 3.64. The fourth-order valence-electron chi connectivity index (χ4n) is 5.00. The summed E-state index contributed by atoms with van der Waals surface area (Å²) in [5, 5.41) is 1.07. The highest BCUT2D eigenvalue weighted by Crippen LogP contribution is 2.45. The smallest absolute Gasteiger partial charge is 0.419 e. The van der Waals surface area contributed by atoms with Crippen LogP contribution in [0.1, 0.15) is 45.7 Å². The maximum Gasteiger partial charge on any atom is 0.419 e. The van der Waals surface area contributed by atoms with Crippen LogP contribution in [0.5, 0.6) is 0 Å². The minimum atomic E-state index is -0.584. The molecule has 0 bridgehead atoms. The first-order chi connectivity index (χ1) is 15.1. The molecule has 2 aliphatic rings. The lowest BCUT2D eigenvalue weighted by atomic mass is 9.79. The Balaban J connectivity index is 1.85. The first-order valence-electron chi connectivity index (χ1n) is 11.3. The van der Waals surface area contributed by atoms with E-state index in [2.05, 4.69) is 40.0 Å². The summed E-state index contributed by atoms with van der Waals surface area (Å²) >= 11 is 3.70. The lowest BCUT2D eigenvalue weighted by Gasteiger charge is -2.40. The fraction of sp³-hybridized carbons (Fsp3) is 0.520. The molecule has 0 radical (unpaired) electrons. The van der Waals surface area contributed by atoms with Gasteiger partial charge in [0.2, 0.25) is 5.91 Å². The second kappa shape index (κ2) is 8.34. The lowest BCUT2D eigenvalue weighted by Crippen LogP contribution is -2.47. The molecule has 1 aromatic heterocycles.